The van der Waals surface area contributed by atoms with Gasteiger partial charge in [0.15, 0.2) is 0 Å². The number of nitrogens with one attached hydrogen (secondary N) is 1. The van der Waals surface area contributed by atoms with E-state index < -0.39 is 0 Å². The normalized spacial score (nSPS) is 17.4. The fourth-order valence-electron chi connectivity index (χ4n) is 2.57. The molecule has 1 aliphatic rings. The van der Waals surface area contributed by atoms with E-state index in [0.29, 0.717) is 0 Å². The van der Waals surface area contributed by atoms with Crippen molar-refractivity contribution in [3.8, 4) is 0 Å². The van der Waals surface area contributed by atoms with Crippen LogP contribution in [-0.4, -0.2) is 36.1 Å². The van der Waals surface area contributed by atoms with Gasteiger partial charge in [0, 0.05) is 19.5 Å². The first kappa shape index (κ1) is 14.0. The van der Waals surface area contributed by atoms with Crippen LogP contribution in [0, 0.1) is 5.92 Å². The second-order valence-corrected chi connectivity index (χ2v) is 5.14. The van der Waals surface area contributed by atoms with Crippen molar-refractivity contribution in [3.63, 3.8) is 0 Å². The van der Waals surface area contributed by atoms with Crippen LogP contribution in [0.5, 0.6) is 0 Å². The molecule has 0 spiro atoms. The first-order chi connectivity index (χ1) is 9.22. The smallest absolute Gasteiger partial charge is 0.222 e. The van der Waals surface area contributed by atoms with E-state index in [4.69, 9.17) is 5.11 Å². The van der Waals surface area contributed by atoms with Gasteiger partial charge in [0.05, 0.1) is 6.61 Å². The van der Waals surface area contributed by atoms with Crippen LogP contribution in [0.15, 0.2) is 24.3 Å². The van der Waals surface area contributed by atoms with Crippen molar-refractivity contribution in [2.45, 2.75) is 26.0 Å². The molecule has 1 fully saturated rings. The van der Waals surface area contributed by atoms with Crippen molar-refractivity contribution in [1.82, 2.24) is 10.2 Å². The Morgan fingerprint density at radius 3 is 2.37 bits per heavy atom. The number of carbonyl (C=O) groups is 1. The highest BCUT2D eigenvalue weighted by molar-refractivity contribution is 5.78. The molecule has 1 aliphatic heterocycles. The lowest BCUT2D eigenvalue weighted by Gasteiger charge is -2.31. The highest BCUT2D eigenvalue weighted by Gasteiger charge is 2.23. The lowest BCUT2D eigenvalue weighted by Crippen LogP contribution is -2.39. The minimum atomic E-state index is 0.0950. The Hall–Kier alpha value is -1.39. The van der Waals surface area contributed by atoms with Gasteiger partial charge in [-0.25, -0.2) is 0 Å². The van der Waals surface area contributed by atoms with Gasteiger partial charge in [0.25, 0.3) is 0 Å². The van der Waals surface area contributed by atoms with Crippen molar-refractivity contribution in [3.05, 3.63) is 35.4 Å². The molecule has 4 nitrogen and oxygen atoms in total. The Kier molecular flexibility index (Phi) is 4.93. The molecule has 0 radical (unpaired) electrons. The van der Waals surface area contributed by atoms with Crippen LogP contribution >= 0.6 is 0 Å². The van der Waals surface area contributed by atoms with Gasteiger partial charge in [-0.15, -0.1) is 0 Å². The SMILES string of the molecule is CNC(=O)C1CCN(Cc2ccc(CO)cc2)CC1. The second kappa shape index (κ2) is 6.68. The molecule has 0 atom stereocenters. The maximum atomic E-state index is 11.5. The summed E-state index contributed by atoms with van der Waals surface area (Å²) in [6, 6.07) is 8.06. The van der Waals surface area contributed by atoms with Crippen LogP contribution in [0.3, 0.4) is 0 Å². The summed E-state index contributed by atoms with van der Waals surface area (Å²) in [5, 5.41) is 11.7. The molecule has 1 saturated heterocycles. The van der Waals surface area contributed by atoms with Crippen molar-refractivity contribution in [2.24, 2.45) is 5.92 Å². The number of piperidine rings is 1. The Morgan fingerprint density at radius 1 is 1.26 bits per heavy atom. The summed E-state index contributed by atoms with van der Waals surface area (Å²) < 4.78 is 0. The number of carbonyl (C=O) groups excluding carboxylic acids is 1. The van der Waals surface area contributed by atoms with Gasteiger partial charge in [-0.1, -0.05) is 24.3 Å². The number of rotatable bonds is 4. The molecule has 1 aromatic rings. The molecule has 4 heteroatoms. The molecule has 0 aromatic heterocycles. The van der Waals surface area contributed by atoms with Crippen molar-refractivity contribution >= 4 is 5.91 Å². The summed E-state index contributed by atoms with van der Waals surface area (Å²) in [6.07, 6.45) is 1.88. The summed E-state index contributed by atoms with van der Waals surface area (Å²) in [7, 11) is 1.71. The summed E-state index contributed by atoms with van der Waals surface area (Å²) in [4.78, 5) is 13.9. The first-order valence-corrected chi connectivity index (χ1v) is 6.85. The number of hydrogen-bond donors (Lipinski definition) is 2. The fraction of sp³-hybridized carbons (Fsp3) is 0.533. The summed E-state index contributed by atoms with van der Waals surface area (Å²) in [5.41, 5.74) is 2.21. The van der Waals surface area contributed by atoms with Gasteiger partial charge in [-0.3, -0.25) is 9.69 Å². The molecule has 104 valence electrons. The molecular formula is C15H22N2O2. The topological polar surface area (TPSA) is 52.6 Å². The standard InChI is InChI=1S/C15H22N2O2/c1-16-15(19)14-6-8-17(9-7-14)10-12-2-4-13(11-18)5-3-12/h2-5,14,18H,6-11H2,1H3,(H,16,19). The lowest BCUT2D eigenvalue weighted by molar-refractivity contribution is -0.125. The minimum absolute atomic E-state index is 0.0950. The molecule has 0 saturated carbocycles. The van der Waals surface area contributed by atoms with Crippen molar-refractivity contribution in [1.29, 1.82) is 0 Å². The fourth-order valence-corrected chi connectivity index (χ4v) is 2.57. The van der Waals surface area contributed by atoms with Crippen molar-refractivity contribution < 1.29 is 9.90 Å². The second-order valence-electron chi connectivity index (χ2n) is 5.14. The van der Waals surface area contributed by atoms with E-state index >= 15 is 0 Å². The molecule has 0 bridgehead atoms. The van der Waals surface area contributed by atoms with Crippen LogP contribution in [0.25, 0.3) is 0 Å². The summed E-state index contributed by atoms with van der Waals surface area (Å²) >= 11 is 0. The summed E-state index contributed by atoms with van der Waals surface area (Å²) in [6.45, 7) is 2.96. The number of amides is 1. The molecule has 1 aromatic carbocycles. The van der Waals surface area contributed by atoms with Gasteiger partial charge in [0.1, 0.15) is 0 Å². The van der Waals surface area contributed by atoms with E-state index in [1.54, 1.807) is 7.05 Å². The van der Waals surface area contributed by atoms with Crippen LogP contribution < -0.4 is 5.32 Å². The van der Waals surface area contributed by atoms with Crippen LogP contribution in [0.1, 0.15) is 24.0 Å². The number of benzene rings is 1. The van der Waals surface area contributed by atoms with E-state index in [2.05, 4.69) is 22.3 Å². The maximum absolute atomic E-state index is 11.5. The molecule has 0 aliphatic carbocycles. The number of hydrogen-bond acceptors (Lipinski definition) is 3. The zero-order valence-electron chi connectivity index (χ0n) is 11.4. The average molecular weight is 262 g/mol. The third-order valence-electron chi connectivity index (χ3n) is 3.82. The maximum Gasteiger partial charge on any atom is 0.222 e. The van der Waals surface area contributed by atoms with E-state index in [-0.39, 0.29) is 18.4 Å². The van der Waals surface area contributed by atoms with Gasteiger partial charge in [0.2, 0.25) is 5.91 Å². The third kappa shape index (κ3) is 3.78. The van der Waals surface area contributed by atoms with Crippen molar-refractivity contribution in [2.75, 3.05) is 20.1 Å². The molecule has 2 rings (SSSR count). The number of nitrogens with zero attached hydrogens (tertiary/aromatic N) is 1. The van der Waals surface area contributed by atoms with Crippen LogP contribution in [-0.2, 0) is 17.9 Å². The number of likely N-dealkylation sites (tertiary alicyclic amines) is 1. The Bertz CT molecular complexity index is 409. The predicted molar refractivity (Wildman–Crippen MR) is 74.4 cm³/mol. The van der Waals surface area contributed by atoms with Gasteiger partial charge in [-0.05, 0) is 37.1 Å². The van der Waals surface area contributed by atoms with E-state index in [9.17, 15) is 4.79 Å². The van der Waals surface area contributed by atoms with Crippen LogP contribution in [0.4, 0.5) is 0 Å². The molecule has 19 heavy (non-hydrogen) atoms. The minimum Gasteiger partial charge on any atom is -0.392 e. The van der Waals surface area contributed by atoms with Gasteiger partial charge < -0.3 is 10.4 Å². The zero-order chi connectivity index (χ0) is 13.7. The first-order valence-electron chi connectivity index (χ1n) is 6.85. The third-order valence-corrected chi connectivity index (χ3v) is 3.82. The number of aliphatic hydroxyl groups is 1. The van der Waals surface area contributed by atoms with Gasteiger partial charge >= 0.3 is 0 Å². The average Bonchev–Trinajstić information content (AvgIpc) is 2.48. The van der Waals surface area contributed by atoms with E-state index in [1.165, 1.54) is 5.56 Å². The van der Waals surface area contributed by atoms with E-state index in [1.807, 2.05) is 12.1 Å². The Balaban J connectivity index is 1.83. The van der Waals surface area contributed by atoms with Crippen LogP contribution in [0.2, 0.25) is 0 Å². The summed E-state index contributed by atoms with van der Waals surface area (Å²) in [5.74, 6) is 0.352. The number of aliphatic hydroxyl groups excluding tert-OH is 1. The quantitative estimate of drug-likeness (QED) is 0.855. The Morgan fingerprint density at radius 2 is 1.84 bits per heavy atom. The monoisotopic (exact) mass is 262 g/mol. The largest absolute Gasteiger partial charge is 0.392 e. The lowest BCUT2D eigenvalue weighted by atomic mass is 9.95. The highest BCUT2D eigenvalue weighted by Crippen LogP contribution is 2.19. The molecule has 1 heterocycles. The molecular weight excluding hydrogens is 240 g/mol. The van der Waals surface area contributed by atoms with Gasteiger partial charge in [-0.2, -0.15) is 0 Å². The predicted octanol–water partition coefficient (Wildman–Crippen LogP) is 1.14. The molecule has 2 N–H and O–H groups in total. The molecule has 1 amide bonds. The highest BCUT2D eigenvalue weighted by atomic mass is 16.3. The van der Waals surface area contributed by atoms with E-state index in [0.717, 1.165) is 38.0 Å². The zero-order valence-corrected chi connectivity index (χ0v) is 11.4. The molecule has 0 unspecified atom stereocenters. The Labute approximate surface area is 114 Å².